The first kappa shape index (κ1) is 18.5. The number of hydrogen-bond donors (Lipinski definition) is 1. The summed E-state index contributed by atoms with van der Waals surface area (Å²) in [6.07, 6.45) is 8.67. The Morgan fingerprint density at radius 2 is 2.04 bits per heavy atom. The summed E-state index contributed by atoms with van der Waals surface area (Å²) in [6, 6.07) is 4.98. The van der Waals surface area contributed by atoms with Gasteiger partial charge in [0.1, 0.15) is 5.60 Å². The third kappa shape index (κ3) is 4.35. The van der Waals surface area contributed by atoms with E-state index in [0.717, 1.165) is 30.5 Å². The van der Waals surface area contributed by atoms with Gasteiger partial charge < -0.3 is 14.2 Å². The van der Waals surface area contributed by atoms with E-state index in [1.54, 1.807) is 12.1 Å². The molecule has 1 aromatic carbocycles. The highest BCUT2D eigenvalue weighted by Crippen LogP contribution is 2.37. The summed E-state index contributed by atoms with van der Waals surface area (Å²) in [7, 11) is 0. The molecule has 3 aliphatic rings. The van der Waals surface area contributed by atoms with Gasteiger partial charge >= 0.3 is 6.61 Å². The lowest BCUT2D eigenvalue weighted by molar-refractivity contribution is -0.0517. The average Bonchev–Trinajstić information content (AvgIpc) is 3.31. The molecule has 4 rings (SSSR count). The number of hydrogen-bond acceptors (Lipinski definition) is 5. The van der Waals surface area contributed by atoms with Crippen LogP contribution in [0.5, 0.6) is 11.5 Å². The Hall–Kier alpha value is -1.86. The Labute approximate surface area is 157 Å². The summed E-state index contributed by atoms with van der Waals surface area (Å²) >= 11 is 0. The Balaban J connectivity index is 1.52. The van der Waals surface area contributed by atoms with Gasteiger partial charge in [0.25, 0.3) is 0 Å². The molecule has 148 valence electrons. The monoisotopic (exact) mass is 381 g/mol. The molecule has 1 saturated heterocycles. The number of benzene rings is 1. The van der Waals surface area contributed by atoms with Crippen molar-refractivity contribution in [2.24, 2.45) is 5.92 Å². The summed E-state index contributed by atoms with van der Waals surface area (Å²) in [4.78, 5) is 5.70. The number of rotatable bonds is 6. The molecule has 27 heavy (non-hydrogen) atoms. The SMILES string of the molecule is FC(F)Oc1ccc(C2=CC3(CCOC3)ON2)cc1OCC1CCCCC1. The molecule has 0 radical (unpaired) electrons. The van der Waals surface area contributed by atoms with Gasteiger partial charge in [-0.3, -0.25) is 10.3 Å². The van der Waals surface area contributed by atoms with E-state index in [4.69, 9.17) is 14.3 Å². The molecule has 1 aromatic rings. The zero-order chi connectivity index (χ0) is 18.7. The first-order chi connectivity index (χ1) is 13.1. The van der Waals surface area contributed by atoms with Crippen LogP contribution < -0.4 is 15.0 Å². The molecule has 1 spiro atoms. The van der Waals surface area contributed by atoms with Gasteiger partial charge in [-0.05, 0) is 43.0 Å². The van der Waals surface area contributed by atoms with Crippen molar-refractivity contribution < 1.29 is 27.8 Å². The van der Waals surface area contributed by atoms with E-state index >= 15 is 0 Å². The third-order valence-corrected chi connectivity index (χ3v) is 5.46. The molecule has 0 bridgehead atoms. The van der Waals surface area contributed by atoms with Gasteiger partial charge in [-0.1, -0.05) is 19.3 Å². The van der Waals surface area contributed by atoms with Gasteiger partial charge in [-0.15, -0.1) is 0 Å². The van der Waals surface area contributed by atoms with Crippen molar-refractivity contribution in [1.29, 1.82) is 0 Å². The summed E-state index contributed by atoms with van der Waals surface area (Å²) in [5.74, 6) is 0.862. The van der Waals surface area contributed by atoms with Gasteiger partial charge in [0, 0.05) is 18.6 Å². The Kier molecular flexibility index (Phi) is 5.50. The van der Waals surface area contributed by atoms with Crippen LogP contribution in [0.1, 0.15) is 44.1 Å². The maximum atomic E-state index is 12.8. The lowest BCUT2D eigenvalue weighted by Crippen LogP contribution is -2.29. The van der Waals surface area contributed by atoms with Gasteiger partial charge in [0.05, 0.1) is 18.9 Å². The van der Waals surface area contributed by atoms with Crippen molar-refractivity contribution in [3.8, 4) is 11.5 Å². The molecule has 2 aliphatic heterocycles. The third-order valence-electron chi connectivity index (χ3n) is 5.46. The highest BCUT2D eigenvalue weighted by Gasteiger charge is 2.39. The first-order valence-corrected chi connectivity index (χ1v) is 9.60. The largest absolute Gasteiger partial charge is 0.489 e. The van der Waals surface area contributed by atoms with Crippen LogP contribution in [0.25, 0.3) is 5.70 Å². The van der Waals surface area contributed by atoms with Gasteiger partial charge in [0.2, 0.25) is 0 Å². The molecule has 1 unspecified atom stereocenters. The maximum Gasteiger partial charge on any atom is 0.387 e. The minimum Gasteiger partial charge on any atom is -0.489 e. The molecule has 1 aliphatic carbocycles. The van der Waals surface area contributed by atoms with E-state index in [1.807, 2.05) is 6.08 Å². The van der Waals surface area contributed by atoms with Gasteiger partial charge in [0.15, 0.2) is 11.5 Å². The summed E-state index contributed by atoms with van der Waals surface area (Å²) < 4.78 is 41.5. The van der Waals surface area contributed by atoms with Crippen molar-refractivity contribution >= 4 is 5.70 Å². The van der Waals surface area contributed by atoms with Crippen molar-refractivity contribution in [1.82, 2.24) is 5.48 Å². The number of nitrogens with one attached hydrogen (secondary N) is 1. The zero-order valence-corrected chi connectivity index (χ0v) is 15.2. The normalized spacial score (nSPS) is 25.7. The molecule has 7 heteroatoms. The molecular weight excluding hydrogens is 356 g/mol. The fourth-order valence-electron chi connectivity index (χ4n) is 3.92. The quantitative estimate of drug-likeness (QED) is 0.797. The number of alkyl halides is 2. The van der Waals surface area contributed by atoms with Gasteiger partial charge in [-0.25, -0.2) is 0 Å². The van der Waals surface area contributed by atoms with Crippen molar-refractivity contribution in [2.45, 2.75) is 50.7 Å². The number of ether oxygens (including phenoxy) is 3. The van der Waals surface area contributed by atoms with Crippen LogP contribution in [0.3, 0.4) is 0 Å². The predicted molar refractivity (Wildman–Crippen MR) is 95.5 cm³/mol. The molecule has 1 saturated carbocycles. The van der Waals surface area contributed by atoms with Crippen molar-refractivity contribution in [3.63, 3.8) is 0 Å². The topological polar surface area (TPSA) is 49.0 Å². The smallest absolute Gasteiger partial charge is 0.387 e. The first-order valence-electron chi connectivity index (χ1n) is 9.60. The molecule has 0 amide bonds. The van der Waals surface area contributed by atoms with Crippen LogP contribution in [0.15, 0.2) is 24.3 Å². The van der Waals surface area contributed by atoms with E-state index in [1.165, 1.54) is 25.3 Å². The lowest BCUT2D eigenvalue weighted by atomic mass is 9.90. The van der Waals surface area contributed by atoms with Crippen LogP contribution in [0.4, 0.5) is 8.78 Å². The predicted octanol–water partition coefficient (Wildman–Crippen LogP) is 4.28. The van der Waals surface area contributed by atoms with Crippen LogP contribution in [-0.4, -0.2) is 32.0 Å². The molecule has 2 heterocycles. The second-order valence-corrected chi connectivity index (χ2v) is 7.48. The highest BCUT2D eigenvalue weighted by atomic mass is 19.3. The Bertz CT molecular complexity index is 683. The maximum absolute atomic E-state index is 12.8. The summed E-state index contributed by atoms with van der Waals surface area (Å²) in [6.45, 7) is -1.22. The molecule has 2 fully saturated rings. The van der Waals surface area contributed by atoms with E-state index < -0.39 is 12.2 Å². The van der Waals surface area contributed by atoms with Gasteiger partial charge in [-0.2, -0.15) is 8.78 Å². The molecule has 1 atom stereocenters. The Morgan fingerprint density at radius 1 is 1.19 bits per heavy atom. The molecular formula is C20H25F2NO4. The fourth-order valence-corrected chi connectivity index (χ4v) is 3.92. The van der Waals surface area contributed by atoms with Crippen LogP contribution in [0, 0.1) is 5.92 Å². The van der Waals surface area contributed by atoms with Crippen molar-refractivity contribution in [2.75, 3.05) is 19.8 Å². The molecule has 5 nitrogen and oxygen atoms in total. The van der Waals surface area contributed by atoms with Crippen LogP contribution >= 0.6 is 0 Å². The zero-order valence-electron chi connectivity index (χ0n) is 15.2. The minimum atomic E-state index is -2.89. The Morgan fingerprint density at radius 3 is 2.78 bits per heavy atom. The lowest BCUT2D eigenvalue weighted by Gasteiger charge is -2.22. The second-order valence-electron chi connectivity index (χ2n) is 7.48. The highest BCUT2D eigenvalue weighted by molar-refractivity contribution is 5.68. The van der Waals surface area contributed by atoms with Crippen molar-refractivity contribution in [3.05, 3.63) is 29.8 Å². The fraction of sp³-hybridized carbons (Fsp3) is 0.600. The molecule has 0 aromatic heterocycles. The van der Waals surface area contributed by atoms with Crippen LogP contribution in [0.2, 0.25) is 0 Å². The standard InChI is InChI=1S/C20H25F2NO4/c21-19(22)26-17-7-6-15(16-11-20(27-23-16)8-9-24-13-20)10-18(17)25-12-14-4-2-1-3-5-14/h6-7,10-11,14,19,23H,1-5,8-9,12-13H2. The number of halogens is 2. The molecule has 1 N–H and O–H groups in total. The van der Waals surface area contributed by atoms with E-state index in [2.05, 4.69) is 10.2 Å². The summed E-state index contributed by atoms with van der Waals surface area (Å²) in [5.41, 5.74) is 4.08. The van der Waals surface area contributed by atoms with E-state index in [0.29, 0.717) is 31.5 Å². The summed E-state index contributed by atoms with van der Waals surface area (Å²) in [5, 5.41) is 0. The average molecular weight is 381 g/mol. The minimum absolute atomic E-state index is 0.0583. The van der Waals surface area contributed by atoms with E-state index in [-0.39, 0.29) is 5.75 Å². The van der Waals surface area contributed by atoms with E-state index in [9.17, 15) is 8.78 Å². The van der Waals surface area contributed by atoms with Crippen LogP contribution in [-0.2, 0) is 9.57 Å². The number of hydroxylamine groups is 1. The second kappa shape index (κ2) is 8.02.